The highest BCUT2D eigenvalue weighted by atomic mass is 15.0. The highest BCUT2D eigenvalue weighted by molar-refractivity contribution is 5.87. The summed E-state index contributed by atoms with van der Waals surface area (Å²) in [6.07, 6.45) is 3.67. The topological polar surface area (TPSA) is 41.1 Å². The van der Waals surface area contributed by atoms with E-state index in [1.54, 1.807) is 6.07 Å². The Morgan fingerprint density at radius 1 is 0.952 bits per heavy atom. The maximum Gasteiger partial charge on any atom is 0.137 e. The summed E-state index contributed by atoms with van der Waals surface area (Å²) in [5.74, 6) is 0. The molecule has 0 N–H and O–H groups in total. The van der Waals surface area contributed by atoms with Crippen molar-refractivity contribution in [2.24, 2.45) is 0 Å². The maximum atomic E-state index is 9.05. The second kappa shape index (κ2) is 4.46. The second-order valence-electron chi connectivity index (χ2n) is 4.96. The monoisotopic (exact) mass is 269 g/mol. The standard InChI is InChI=1S/C18H11N3/c19-10-13-5-8-18-20-11-17(21(18)12-13)16-7-6-14-3-1-2-4-15(14)9-16/h1-9,11-12H. The molecule has 4 rings (SSSR count). The van der Waals surface area contributed by atoms with Crippen molar-refractivity contribution in [2.45, 2.75) is 0 Å². The van der Waals surface area contributed by atoms with Crippen LogP contribution in [0, 0.1) is 11.3 Å². The minimum absolute atomic E-state index is 0.627. The van der Waals surface area contributed by atoms with Crippen molar-refractivity contribution in [3.05, 3.63) is 72.6 Å². The summed E-state index contributed by atoms with van der Waals surface area (Å²) < 4.78 is 1.96. The van der Waals surface area contributed by atoms with Crippen LogP contribution in [0.1, 0.15) is 5.56 Å². The zero-order chi connectivity index (χ0) is 14.2. The Morgan fingerprint density at radius 2 is 1.81 bits per heavy atom. The van der Waals surface area contributed by atoms with E-state index in [9.17, 15) is 0 Å². The first-order valence-electron chi connectivity index (χ1n) is 6.71. The lowest BCUT2D eigenvalue weighted by Gasteiger charge is -2.04. The van der Waals surface area contributed by atoms with Crippen LogP contribution in [0.5, 0.6) is 0 Å². The van der Waals surface area contributed by atoms with E-state index in [-0.39, 0.29) is 0 Å². The second-order valence-corrected chi connectivity index (χ2v) is 4.96. The summed E-state index contributed by atoms with van der Waals surface area (Å²) in [6, 6.07) is 20.4. The van der Waals surface area contributed by atoms with Crippen LogP contribution in [0.25, 0.3) is 27.7 Å². The molecular weight excluding hydrogens is 258 g/mol. The Balaban J connectivity index is 1.97. The van der Waals surface area contributed by atoms with Gasteiger partial charge in [-0.2, -0.15) is 5.26 Å². The van der Waals surface area contributed by atoms with Crippen molar-refractivity contribution in [1.82, 2.24) is 9.38 Å². The minimum atomic E-state index is 0.627. The Kier molecular flexibility index (Phi) is 2.48. The summed E-state index contributed by atoms with van der Waals surface area (Å²) in [7, 11) is 0. The number of benzene rings is 2. The van der Waals surface area contributed by atoms with Crippen LogP contribution in [-0.4, -0.2) is 9.38 Å². The van der Waals surface area contributed by atoms with Gasteiger partial charge in [-0.05, 0) is 29.0 Å². The summed E-state index contributed by atoms with van der Waals surface area (Å²) in [5.41, 5.74) is 3.56. The van der Waals surface area contributed by atoms with Crippen molar-refractivity contribution >= 4 is 16.4 Å². The zero-order valence-electron chi connectivity index (χ0n) is 11.2. The molecule has 0 aliphatic carbocycles. The average Bonchev–Trinajstić information content (AvgIpc) is 2.97. The van der Waals surface area contributed by atoms with E-state index in [4.69, 9.17) is 5.26 Å². The molecule has 0 amide bonds. The van der Waals surface area contributed by atoms with Gasteiger partial charge < -0.3 is 0 Å². The van der Waals surface area contributed by atoms with Crippen LogP contribution in [0.2, 0.25) is 0 Å². The third kappa shape index (κ3) is 1.86. The maximum absolute atomic E-state index is 9.05. The number of hydrogen-bond donors (Lipinski definition) is 0. The predicted molar refractivity (Wildman–Crippen MR) is 82.8 cm³/mol. The highest BCUT2D eigenvalue weighted by Crippen LogP contribution is 2.25. The Hall–Kier alpha value is -3.12. The van der Waals surface area contributed by atoms with Crippen LogP contribution < -0.4 is 0 Å². The highest BCUT2D eigenvalue weighted by Gasteiger charge is 2.07. The van der Waals surface area contributed by atoms with Gasteiger partial charge in [-0.15, -0.1) is 0 Å². The molecule has 2 aromatic heterocycles. The van der Waals surface area contributed by atoms with Gasteiger partial charge >= 0.3 is 0 Å². The third-order valence-electron chi connectivity index (χ3n) is 3.68. The summed E-state index contributed by atoms with van der Waals surface area (Å²) >= 11 is 0. The van der Waals surface area contributed by atoms with Gasteiger partial charge in [-0.3, -0.25) is 4.40 Å². The lowest BCUT2D eigenvalue weighted by atomic mass is 10.1. The fourth-order valence-electron chi connectivity index (χ4n) is 2.61. The molecule has 0 bridgehead atoms. The van der Waals surface area contributed by atoms with Crippen molar-refractivity contribution in [2.75, 3.05) is 0 Å². The summed E-state index contributed by atoms with van der Waals surface area (Å²) in [4.78, 5) is 4.40. The SMILES string of the molecule is N#Cc1ccc2ncc(-c3ccc4ccccc4c3)n2c1. The number of nitriles is 1. The van der Waals surface area contributed by atoms with Gasteiger partial charge in [-0.25, -0.2) is 4.98 Å². The number of fused-ring (bicyclic) bond motifs is 2. The van der Waals surface area contributed by atoms with Crippen LogP contribution in [0.4, 0.5) is 0 Å². The lowest BCUT2D eigenvalue weighted by Crippen LogP contribution is -1.90. The molecule has 3 nitrogen and oxygen atoms in total. The first kappa shape index (κ1) is 11.7. The van der Waals surface area contributed by atoms with Crippen molar-refractivity contribution in [3.63, 3.8) is 0 Å². The van der Waals surface area contributed by atoms with Gasteiger partial charge in [-0.1, -0.05) is 36.4 Å². The smallest absolute Gasteiger partial charge is 0.137 e. The van der Waals surface area contributed by atoms with E-state index in [1.165, 1.54) is 10.8 Å². The molecule has 2 aromatic carbocycles. The fraction of sp³-hybridized carbons (Fsp3) is 0. The molecule has 3 heteroatoms. The number of pyridine rings is 1. The van der Waals surface area contributed by atoms with Gasteiger partial charge in [0.2, 0.25) is 0 Å². The van der Waals surface area contributed by atoms with E-state index < -0.39 is 0 Å². The van der Waals surface area contributed by atoms with Crippen LogP contribution >= 0.6 is 0 Å². The number of imidazole rings is 1. The zero-order valence-corrected chi connectivity index (χ0v) is 11.2. The lowest BCUT2D eigenvalue weighted by molar-refractivity contribution is 1.18. The van der Waals surface area contributed by atoms with Gasteiger partial charge in [0, 0.05) is 11.8 Å². The van der Waals surface area contributed by atoms with Crippen LogP contribution in [-0.2, 0) is 0 Å². The third-order valence-corrected chi connectivity index (χ3v) is 3.68. The summed E-state index contributed by atoms with van der Waals surface area (Å²) in [5, 5.41) is 11.5. The normalized spacial score (nSPS) is 10.8. The molecule has 98 valence electrons. The molecule has 0 radical (unpaired) electrons. The van der Waals surface area contributed by atoms with Crippen molar-refractivity contribution in [3.8, 4) is 17.3 Å². The Bertz CT molecular complexity index is 1010. The molecule has 2 heterocycles. The molecule has 0 unspecified atom stereocenters. The molecular formula is C18H11N3. The average molecular weight is 269 g/mol. The molecule has 0 fully saturated rings. The Morgan fingerprint density at radius 3 is 2.67 bits per heavy atom. The van der Waals surface area contributed by atoms with Gasteiger partial charge in [0.25, 0.3) is 0 Å². The van der Waals surface area contributed by atoms with E-state index in [0.29, 0.717) is 5.56 Å². The molecule has 21 heavy (non-hydrogen) atoms. The largest absolute Gasteiger partial charge is 0.298 e. The van der Waals surface area contributed by atoms with Gasteiger partial charge in [0.1, 0.15) is 11.7 Å². The molecule has 0 saturated heterocycles. The number of rotatable bonds is 1. The molecule has 0 aliphatic heterocycles. The predicted octanol–water partition coefficient (Wildman–Crippen LogP) is 4.03. The Labute approximate surface area is 121 Å². The van der Waals surface area contributed by atoms with Crippen molar-refractivity contribution < 1.29 is 0 Å². The molecule has 4 aromatic rings. The summed E-state index contributed by atoms with van der Waals surface area (Å²) in [6.45, 7) is 0. The van der Waals surface area contributed by atoms with Gasteiger partial charge in [0.15, 0.2) is 0 Å². The molecule has 0 spiro atoms. The van der Waals surface area contributed by atoms with Crippen LogP contribution in [0.3, 0.4) is 0 Å². The molecule has 0 atom stereocenters. The van der Waals surface area contributed by atoms with Crippen LogP contribution in [0.15, 0.2) is 67.0 Å². The quantitative estimate of drug-likeness (QED) is 0.523. The van der Waals surface area contributed by atoms with E-state index >= 15 is 0 Å². The van der Waals surface area contributed by atoms with Crippen molar-refractivity contribution in [1.29, 1.82) is 5.26 Å². The first-order chi connectivity index (χ1) is 10.3. The van der Waals surface area contributed by atoms with E-state index in [2.05, 4.69) is 41.4 Å². The number of hydrogen-bond acceptors (Lipinski definition) is 2. The fourth-order valence-corrected chi connectivity index (χ4v) is 2.61. The van der Waals surface area contributed by atoms with E-state index in [0.717, 1.165) is 16.9 Å². The number of nitrogens with zero attached hydrogens (tertiary/aromatic N) is 3. The molecule has 0 aliphatic rings. The van der Waals surface area contributed by atoms with Gasteiger partial charge in [0.05, 0.1) is 17.5 Å². The number of aromatic nitrogens is 2. The minimum Gasteiger partial charge on any atom is -0.298 e. The molecule has 0 saturated carbocycles. The van der Waals surface area contributed by atoms with E-state index in [1.807, 2.05) is 35.0 Å². The first-order valence-corrected chi connectivity index (χ1v) is 6.71.